The SMILES string of the molecule is CC(N)C(C)(N)O.[Ti]. The third kappa shape index (κ3) is 4.75. The maximum absolute atomic E-state index is 8.75. The fourth-order valence-corrected chi connectivity index (χ4v) is 0. The summed E-state index contributed by atoms with van der Waals surface area (Å²) in [5.41, 5.74) is 9.08. The molecule has 3 nitrogen and oxygen atoms in total. The molecule has 0 aliphatic rings. The Morgan fingerprint density at radius 1 is 1.62 bits per heavy atom. The molecule has 8 heavy (non-hydrogen) atoms. The van der Waals surface area contributed by atoms with Gasteiger partial charge in [0.05, 0.1) is 0 Å². The van der Waals surface area contributed by atoms with Crippen LogP contribution in [0.5, 0.6) is 0 Å². The minimum atomic E-state index is -1.22. The summed E-state index contributed by atoms with van der Waals surface area (Å²) in [6, 6.07) is -0.368. The third-order valence-corrected chi connectivity index (χ3v) is 0.922. The van der Waals surface area contributed by atoms with Crippen LogP contribution < -0.4 is 11.5 Å². The molecule has 0 fully saturated rings. The van der Waals surface area contributed by atoms with Gasteiger partial charge in [-0.05, 0) is 13.8 Å². The Labute approximate surface area is 64.3 Å². The molecule has 48 valence electrons. The van der Waals surface area contributed by atoms with Crippen LogP contribution >= 0.6 is 0 Å². The monoisotopic (exact) mass is 152 g/mol. The van der Waals surface area contributed by atoms with E-state index in [-0.39, 0.29) is 27.8 Å². The molecule has 0 heterocycles. The van der Waals surface area contributed by atoms with Crippen molar-refractivity contribution in [3.8, 4) is 0 Å². The van der Waals surface area contributed by atoms with Crippen LogP contribution in [0.2, 0.25) is 0 Å². The Bertz CT molecular complexity index is 59.5. The van der Waals surface area contributed by atoms with Gasteiger partial charge < -0.3 is 16.6 Å². The first-order chi connectivity index (χ1) is 2.94. The van der Waals surface area contributed by atoms with E-state index in [2.05, 4.69) is 0 Å². The van der Waals surface area contributed by atoms with E-state index in [1.807, 2.05) is 0 Å². The second-order valence-corrected chi connectivity index (χ2v) is 2.01. The third-order valence-electron chi connectivity index (χ3n) is 0.922. The first kappa shape index (κ1) is 11.4. The number of rotatable bonds is 1. The predicted molar refractivity (Wildman–Crippen MR) is 28.5 cm³/mol. The van der Waals surface area contributed by atoms with Crippen molar-refractivity contribution in [2.24, 2.45) is 11.5 Å². The summed E-state index contributed by atoms with van der Waals surface area (Å²) in [6.45, 7) is 3.12. The molecule has 5 N–H and O–H groups in total. The van der Waals surface area contributed by atoms with E-state index < -0.39 is 5.72 Å². The zero-order chi connectivity index (χ0) is 6.08. The van der Waals surface area contributed by atoms with E-state index in [4.69, 9.17) is 16.6 Å². The van der Waals surface area contributed by atoms with E-state index in [9.17, 15) is 0 Å². The zero-order valence-corrected chi connectivity index (χ0v) is 6.74. The molecule has 2 unspecified atom stereocenters. The van der Waals surface area contributed by atoms with Crippen LogP contribution in [-0.4, -0.2) is 16.9 Å². The number of hydrogen-bond donors (Lipinski definition) is 3. The van der Waals surface area contributed by atoms with Crippen LogP contribution in [0.1, 0.15) is 13.8 Å². The Hall–Kier alpha value is 0.594. The van der Waals surface area contributed by atoms with E-state index >= 15 is 0 Å². The molecule has 0 aliphatic carbocycles. The van der Waals surface area contributed by atoms with Crippen LogP contribution in [0.4, 0.5) is 0 Å². The van der Waals surface area contributed by atoms with Gasteiger partial charge in [0.1, 0.15) is 5.72 Å². The van der Waals surface area contributed by atoms with Crippen molar-refractivity contribution in [2.75, 3.05) is 0 Å². The molecular formula is C4H12N2OTi. The molecule has 0 radical (unpaired) electrons. The second kappa shape index (κ2) is 3.59. The summed E-state index contributed by atoms with van der Waals surface area (Å²) in [5, 5.41) is 8.75. The fraction of sp³-hybridized carbons (Fsp3) is 1.00. The predicted octanol–water partition coefficient (Wildman–Crippen LogP) is -1.00. The number of nitrogens with two attached hydrogens (primary N) is 2. The summed E-state index contributed by atoms with van der Waals surface area (Å²) in [6.07, 6.45) is 0. The molecule has 0 aromatic rings. The van der Waals surface area contributed by atoms with E-state index in [1.54, 1.807) is 6.92 Å². The minimum absolute atomic E-state index is 0. The number of aliphatic hydroxyl groups is 1. The summed E-state index contributed by atoms with van der Waals surface area (Å²) in [4.78, 5) is 0. The number of hydrogen-bond acceptors (Lipinski definition) is 3. The molecule has 0 aromatic heterocycles. The molecular weight excluding hydrogens is 140 g/mol. The molecule has 0 amide bonds. The van der Waals surface area contributed by atoms with Gasteiger partial charge in [0.15, 0.2) is 0 Å². The van der Waals surface area contributed by atoms with Crippen LogP contribution in [0.15, 0.2) is 0 Å². The van der Waals surface area contributed by atoms with E-state index in [0.29, 0.717) is 0 Å². The molecule has 0 bridgehead atoms. The molecule has 0 spiro atoms. The normalized spacial score (nSPS) is 20.6. The van der Waals surface area contributed by atoms with Gasteiger partial charge in [0.2, 0.25) is 0 Å². The van der Waals surface area contributed by atoms with Gasteiger partial charge in [-0.2, -0.15) is 0 Å². The smallest absolute Gasteiger partial charge is 0.125 e. The molecule has 0 aliphatic heterocycles. The van der Waals surface area contributed by atoms with E-state index in [1.165, 1.54) is 6.92 Å². The van der Waals surface area contributed by atoms with Gasteiger partial charge in [-0.25, -0.2) is 0 Å². The first-order valence-electron chi connectivity index (χ1n) is 2.21. The Morgan fingerprint density at radius 2 is 1.75 bits per heavy atom. The standard InChI is InChI=1S/C4H12N2O.Ti/c1-3(5)4(2,6)7;/h3,7H,5-6H2,1-2H3;. The fourth-order valence-electron chi connectivity index (χ4n) is 0. The van der Waals surface area contributed by atoms with Crippen LogP contribution in [-0.2, 0) is 21.7 Å². The van der Waals surface area contributed by atoms with Crippen molar-refractivity contribution < 1.29 is 26.8 Å². The summed E-state index contributed by atoms with van der Waals surface area (Å²) < 4.78 is 0. The van der Waals surface area contributed by atoms with Crippen LogP contribution in [0.25, 0.3) is 0 Å². The Morgan fingerprint density at radius 3 is 1.75 bits per heavy atom. The van der Waals surface area contributed by atoms with Crippen LogP contribution in [0, 0.1) is 0 Å². The summed E-state index contributed by atoms with van der Waals surface area (Å²) in [7, 11) is 0. The topological polar surface area (TPSA) is 72.3 Å². The van der Waals surface area contributed by atoms with Gasteiger partial charge in [-0.3, -0.25) is 0 Å². The van der Waals surface area contributed by atoms with Crippen molar-refractivity contribution in [1.29, 1.82) is 0 Å². The van der Waals surface area contributed by atoms with Crippen molar-refractivity contribution in [2.45, 2.75) is 25.6 Å². The molecule has 4 heteroatoms. The molecule has 0 saturated carbocycles. The molecule has 0 aromatic carbocycles. The molecule has 0 saturated heterocycles. The molecule has 0 rings (SSSR count). The van der Waals surface area contributed by atoms with Gasteiger partial charge in [-0.15, -0.1) is 0 Å². The van der Waals surface area contributed by atoms with Gasteiger partial charge in [0.25, 0.3) is 0 Å². The first-order valence-corrected chi connectivity index (χ1v) is 2.21. The van der Waals surface area contributed by atoms with Gasteiger partial charge in [0, 0.05) is 27.8 Å². The average Bonchev–Trinajstić information content (AvgIpc) is 1.31. The largest absolute Gasteiger partial charge is 0.375 e. The van der Waals surface area contributed by atoms with Crippen molar-refractivity contribution in [1.82, 2.24) is 0 Å². The Kier molecular flexibility index (Phi) is 5.11. The maximum Gasteiger partial charge on any atom is 0.125 e. The van der Waals surface area contributed by atoms with Crippen LogP contribution in [0.3, 0.4) is 0 Å². The van der Waals surface area contributed by atoms with Crippen molar-refractivity contribution in [3.63, 3.8) is 0 Å². The van der Waals surface area contributed by atoms with Crippen molar-refractivity contribution >= 4 is 0 Å². The second-order valence-electron chi connectivity index (χ2n) is 2.01. The average molecular weight is 152 g/mol. The maximum atomic E-state index is 8.75. The molecule has 2 atom stereocenters. The summed E-state index contributed by atoms with van der Waals surface area (Å²) >= 11 is 0. The van der Waals surface area contributed by atoms with Gasteiger partial charge >= 0.3 is 0 Å². The minimum Gasteiger partial charge on any atom is -0.375 e. The van der Waals surface area contributed by atoms with Crippen molar-refractivity contribution in [3.05, 3.63) is 0 Å². The Balaban J connectivity index is 0. The zero-order valence-electron chi connectivity index (χ0n) is 5.18. The van der Waals surface area contributed by atoms with Gasteiger partial charge in [-0.1, -0.05) is 0 Å². The summed E-state index contributed by atoms with van der Waals surface area (Å²) in [5.74, 6) is 0. The quantitative estimate of drug-likeness (QED) is 0.333. The van der Waals surface area contributed by atoms with E-state index in [0.717, 1.165) is 0 Å².